The zero-order chi connectivity index (χ0) is 21.3. The van der Waals surface area contributed by atoms with Crippen molar-refractivity contribution in [3.8, 4) is 11.8 Å². The van der Waals surface area contributed by atoms with Gasteiger partial charge in [0.25, 0.3) is 5.91 Å². The first kappa shape index (κ1) is 21.0. The first-order chi connectivity index (χ1) is 14.6. The fraction of sp³-hybridized carbons (Fsp3) is 0.0833. The molecule has 1 N–H and O–H groups in total. The molecule has 30 heavy (non-hydrogen) atoms. The van der Waals surface area contributed by atoms with Crippen LogP contribution < -0.4 is 15.0 Å². The lowest BCUT2D eigenvalue weighted by Crippen LogP contribution is -2.21. The number of nitrogens with one attached hydrogen (secondary N) is 1. The lowest BCUT2D eigenvalue weighted by Gasteiger charge is -2.21. The zero-order valence-corrected chi connectivity index (χ0v) is 17.1. The third-order valence-corrected chi connectivity index (χ3v) is 4.58. The quantitative estimate of drug-likeness (QED) is 0.413. The summed E-state index contributed by atoms with van der Waals surface area (Å²) in [6.45, 7) is 0.504. The van der Waals surface area contributed by atoms with E-state index in [2.05, 4.69) is 5.32 Å². The molecule has 0 unspecified atom stereocenters. The highest BCUT2D eigenvalue weighted by Gasteiger charge is 2.15. The van der Waals surface area contributed by atoms with Crippen molar-refractivity contribution >= 4 is 28.9 Å². The van der Waals surface area contributed by atoms with Crippen molar-refractivity contribution in [3.63, 3.8) is 0 Å². The van der Waals surface area contributed by atoms with Gasteiger partial charge in [0.1, 0.15) is 17.4 Å². The lowest BCUT2D eigenvalue weighted by molar-refractivity contribution is -0.112. The van der Waals surface area contributed by atoms with Crippen LogP contribution in [0.25, 0.3) is 0 Å². The van der Waals surface area contributed by atoms with Gasteiger partial charge >= 0.3 is 0 Å². The van der Waals surface area contributed by atoms with Gasteiger partial charge in [-0.05, 0) is 35.9 Å². The minimum absolute atomic E-state index is 0.0446. The van der Waals surface area contributed by atoms with E-state index >= 15 is 0 Å². The molecule has 3 rings (SSSR count). The standard InChI is InChI=1S/C24H20ClN3O2/c1-30-23-13-12-20(25)14-22(23)27-24(29)19(15-26)17-28(21-10-6-3-7-11-21)16-18-8-4-2-5-9-18/h2-14,17H,16H2,1H3,(H,27,29)/b19-17-. The molecule has 0 aliphatic rings. The summed E-state index contributed by atoms with van der Waals surface area (Å²) in [5, 5.41) is 12.8. The average molecular weight is 418 g/mol. The third-order valence-electron chi connectivity index (χ3n) is 4.34. The Morgan fingerprint density at radius 3 is 2.40 bits per heavy atom. The predicted octanol–water partition coefficient (Wildman–Crippen LogP) is 5.40. The topological polar surface area (TPSA) is 65.4 Å². The fourth-order valence-electron chi connectivity index (χ4n) is 2.87. The number of carbonyl (C=O) groups excluding carboxylic acids is 1. The molecule has 0 radical (unpaired) electrons. The van der Waals surface area contributed by atoms with E-state index in [1.165, 1.54) is 7.11 Å². The summed E-state index contributed by atoms with van der Waals surface area (Å²) < 4.78 is 5.26. The maximum atomic E-state index is 12.8. The van der Waals surface area contributed by atoms with Crippen molar-refractivity contribution in [2.45, 2.75) is 6.54 Å². The van der Waals surface area contributed by atoms with E-state index in [1.54, 1.807) is 24.4 Å². The van der Waals surface area contributed by atoms with Gasteiger partial charge in [0.15, 0.2) is 0 Å². The molecule has 0 bridgehead atoms. The van der Waals surface area contributed by atoms with Gasteiger partial charge in [0, 0.05) is 23.5 Å². The smallest absolute Gasteiger partial charge is 0.267 e. The van der Waals surface area contributed by atoms with Gasteiger partial charge in [0.05, 0.1) is 12.8 Å². The van der Waals surface area contributed by atoms with Crippen LogP contribution in [0.2, 0.25) is 5.02 Å². The minimum atomic E-state index is -0.549. The second-order valence-corrected chi connectivity index (χ2v) is 6.84. The summed E-state index contributed by atoms with van der Waals surface area (Å²) in [7, 11) is 1.50. The molecule has 0 fully saturated rings. The number of carbonyl (C=O) groups is 1. The largest absolute Gasteiger partial charge is 0.495 e. The number of nitriles is 1. The first-order valence-corrected chi connectivity index (χ1v) is 9.61. The van der Waals surface area contributed by atoms with Crippen molar-refractivity contribution in [1.29, 1.82) is 5.26 Å². The minimum Gasteiger partial charge on any atom is -0.495 e. The van der Waals surface area contributed by atoms with Gasteiger partial charge in [-0.2, -0.15) is 5.26 Å². The van der Waals surface area contributed by atoms with Crippen LogP contribution in [0.4, 0.5) is 11.4 Å². The Morgan fingerprint density at radius 1 is 1.10 bits per heavy atom. The highest BCUT2D eigenvalue weighted by atomic mass is 35.5. The van der Waals surface area contributed by atoms with Gasteiger partial charge in [-0.25, -0.2) is 0 Å². The van der Waals surface area contributed by atoms with Crippen LogP contribution in [0, 0.1) is 11.3 Å². The number of rotatable bonds is 7. The van der Waals surface area contributed by atoms with E-state index in [9.17, 15) is 10.1 Å². The lowest BCUT2D eigenvalue weighted by atomic mass is 10.2. The molecule has 0 spiro atoms. The highest BCUT2D eigenvalue weighted by Crippen LogP contribution is 2.28. The number of amides is 1. The van der Waals surface area contributed by atoms with Gasteiger partial charge in [-0.15, -0.1) is 0 Å². The predicted molar refractivity (Wildman–Crippen MR) is 119 cm³/mol. The van der Waals surface area contributed by atoms with E-state index in [0.29, 0.717) is 23.0 Å². The molecule has 6 heteroatoms. The van der Waals surface area contributed by atoms with Gasteiger partial charge in [-0.3, -0.25) is 4.79 Å². The van der Waals surface area contributed by atoms with Crippen molar-refractivity contribution in [3.05, 3.63) is 101 Å². The zero-order valence-electron chi connectivity index (χ0n) is 16.4. The van der Waals surface area contributed by atoms with Crippen molar-refractivity contribution in [2.75, 3.05) is 17.3 Å². The van der Waals surface area contributed by atoms with Gasteiger partial charge in [0.2, 0.25) is 0 Å². The second-order valence-electron chi connectivity index (χ2n) is 6.40. The summed E-state index contributed by atoms with van der Waals surface area (Å²) in [5.74, 6) is -0.0960. The molecule has 0 atom stereocenters. The monoisotopic (exact) mass is 417 g/mol. The number of hydrogen-bond donors (Lipinski definition) is 1. The summed E-state index contributed by atoms with van der Waals surface area (Å²) in [6.07, 6.45) is 1.55. The van der Waals surface area contributed by atoms with Crippen molar-refractivity contribution < 1.29 is 9.53 Å². The molecule has 1 amide bonds. The summed E-state index contributed by atoms with van der Waals surface area (Å²) in [5.41, 5.74) is 2.26. The van der Waals surface area contributed by atoms with E-state index in [-0.39, 0.29) is 5.57 Å². The van der Waals surface area contributed by atoms with Crippen LogP contribution in [0.5, 0.6) is 5.75 Å². The van der Waals surface area contributed by atoms with E-state index in [1.807, 2.05) is 71.6 Å². The number of nitrogens with zero attached hydrogens (tertiary/aromatic N) is 2. The van der Waals surface area contributed by atoms with E-state index < -0.39 is 5.91 Å². The van der Waals surface area contributed by atoms with Gasteiger partial charge < -0.3 is 15.0 Å². The highest BCUT2D eigenvalue weighted by molar-refractivity contribution is 6.31. The molecule has 0 aliphatic heterocycles. The molecule has 0 saturated carbocycles. The SMILES string of the molecule is COc1ccc(Cl)cc1NC(=O)/C(C#N)=C\N(Cc1ccccc1)c1ccccc1. The Bertz CT molecular complexity index is 1080. The Kier molecular flexibility index (Phi) is 7.09. The second kappa shape index (κ2) is 10.1. The maximum Gasteiger partial charge on any atom is 0.267 e. The number of para-hydroxylation sites is 1. The van der Waals surface area contributed by atoms with Crippen LogP contribution >= 0.6 is 11.6 Å². The molecule has 5 nitrogen and oxygen atoms in total. The number of methoxy groups -OCH3 is 1. The molecule has 0 heterocycles. The molecule has 0 aliphatic carbocycles. The summed E-state index contributed by atoms with van der Waals surface area (Å²) in [4.78, 5) is 14.7. The molecular weight excluding hydrogens is 398 g/mol. The van der Waals surface area contributed by atoms with E-state index in [0.717, 1.165) is 11.3 Å². The molecule has 0 aromatic heterocycles. The average Bonchev–Trinajstić information content (AvgIpc) is 2.78. The fourth-order valence-corrected chi connectivity index (χ4v) is 3.04. The van der Waals surface area contributed by atoms with Crippen LogP contribution in [0.15, 0.2) is 90.6 Å². The molecule has 3 aromatic carbocycles. The Hall–Kier alpha value is -3.75. The van der Waals surface area contributed by atoms with Crippen LogP contribution in [0.3, 0.4) is 0 Å². The molecular formula is C24H20ClN3O2. The normalized spacial score (nSPS) is 10.8. The first-order valence-electron chi connectivity index (χ1n) is 9.23. The van der Waals surface area contributed by atoms with E-state index in [4.69, 9.17) is 16.3 Å². The number of ether oxygens (including phenoxy) is 1. The number of halogens is 1. The van der Waals surface area contributed by atoms with Gasteiger partial charge in [-0.1, -0.05) is 60.1 Å². The molecule has 3 aromatic rings. The Labute approximate surface area is 180 Å². The van der Waals surface area contributed by atoms with Crippen molar-refractivity contribution in [1.82, 2.24) is 0 Å². The van der Waals surface area contributed by atoms with Crippen LogP contribution in [-0.4, -0.2) is 13.0 Å². The number of anilines is 2. The Balaban J connectivity index is 1.91. The van der Waals surface area contributed by atoms with Crippen LogP contribution in [0.1, 0.15) is 5.56 Å². The molecule has 0 saturated heterocycles. The maximum absolute atomic E-state index is 12.8. The Morgan fingerprint density at radius 2 is 1.77 bits per heavy atom. The summed E-state index contributed by atoms with van der Waals surface area (Å²) in [6, 6.07) is 26.3. The third kappa shape index (κ3) is 5.40. The van der Waals surface area contributed by atoms with Crippen molar-refractivity contribution in [2.24, 2.45) is 0 Å². The number of benzene rings is 3. The molecule has 150 valence electrons. The van der Waals surface area contributed by atoms with Crippen LogP contribution in [-0.2, 0) is 11.3 Å². The number of hydrogen-bond acceptors (Lipinski definition) is 4. The summed E-state index contributed by atoms with van der Waals surface area (Å²) >= 11 is 6.03.